The van der Waals surface area contributed by atoms with Crippen molar-refractivity contribution in [3.8, 4) is 0 Å². The van der Waals surface area contributed by atoms with Crippen molar-refractivity contribution in [3.63, 3.8) is 0 Å². The summed E-state index contributed by atoms with van der Waals surface area (Å²) in [6.07, 6.45) is 4.66. The lowest BCUT2D eigenvalue weighted by atomic mass is 10.2. The van der Waals surface area contributed by atoms with Gasteiger partial charge in [-0.25, -0.2) is 4.79 Å². The van der Waals surface area contributed by atoms with Crippen LogP contribution in [0.15, 0.2) is 10.5 Å². The van der Waals surface area contributed by atoms with Gasteiger partial charge in [-0.2, -0.15) is 11.8 Å². The number of aromatic carboxylic acids is 1. The van der Waals surface area contributed by atoms with E-state index in [0.717, 1.165) is 6.54 Å². The van der Waals surface area contributed by atoms with Gasteiger partial charge in [0, 0.05) is 16.9 Å². The van der Waals surface area contributed by atoms with E-state index in [2.05, 4.69) is 11.6 Å². The molecule has 0 spiro atoms. The van der Waals surface area contributed by atoms with Gasteiger partial charge in [0.05, 0.1) is 6.54 Å². The molecule has 5 heteroatoms. The van der Waals surface area contributed by atoms with E-state index in [4.69, 9.17) is 9.52 Å². The molecule has 17 heavy (non-hydrogen) atoms. The Morgan fingerprint density at radius 1 is 1.65 bits per heavy atom. The van der Waals surface area contributed by atoms with Gasteiger partial charge in [-0.1, -0.05) is 0 Å². The van der Waals surface area contributed by atoms with Gasteiger partial charge in [0.1, 0.15) is 5.76 Å². The summed E-state index contributed by atoms with van der Waals surface area (Å²) in [6, 6.07) is 1.79. The molecule has 0 unspecified atom stereocenters. The minimum atomic E-state index is -1.00. The number of furan rings is 1. The van der Waals surface area contributed by atoms with Crippen LogP contribution in [0.25, 0.3) is 0 Å². The van der Waals surface area contributed by atoms with E-state index < -0.39 is 5.97 Å². The molecule has 1 saturated carbocycles. The quantitative estimate of drug-likeness (QED) is 0.816. The second-order valence-electron chi connectivity index (χ2n) is 4.52. The smallest absolute Gasteiger partial charge is 0.372 e. The van der Waals surface area contributed by atoms with Crippen molar-refractivity contribution in [2.24, 2.45) is 0 Å². The molecular weight excluding hydrogens is 238 g/mol. The van der Waals surface area contributed by atoms with Crippen LogP contribution in [0.3, 0.4) is 0 Å². The number of carboxylic acid groups (broad SMARTS) is 1. The molecule has 0 atom stereocenters. The first-order valence-corrected chi connectivity index (χ1v) is 6.87. The fourth-order valence-corrected chi connectivity index (χ4v) is 2.61. The van der Waals surface area contributed by atoms with E-state index >= 15 is 0 Å². The molecule has 1 fully saturated rings. The summed E-state index contributed by atoms with van der Waals surface area (Å²) in [6.45, 7) is 3.30. The highest BCUT2D eigenvalue weighted by Gasteiger charge is 2.41. The van der Waals surface area contributed by atoms with Gasteiger partial charge in [0.15, 0.2) is 0 Å². The van der Waals surface area contributed by atoms with Gasteiger partial charge in [-0.05, 0) is 32.1 Å². The maximum atomic E-state index is 10.8. The van der Waals surface area contributed by atoms with Crippen LogP contribution in [-0.4, -0.2) is 28.6 Å². The Labute approximate surface area is 105 Å². The Morgan fingerprint density at radius 3 is 2.82 bits per heavy atom. The van der Waals surface area contributed by atoms with Crippen molar-refractivity contribution in [3.05, 3.63) is 23.2 Å². The van der Waals surface area contributed by atoms with Crippen molar-refractivity contribution in [1.82, 2.24) is 5.32 Å². The second kappa shape index (κ2) is 4.74. The van der Waals surface area contributed by atoms with Gasteiger partial charge in [-0.3, -0.25) is 0 Å². The van der Waals surface area contributed by atoms with Crippen LogP contribution >= 0.6 is 11.8 Å². The van der Waals surface area contributed by atoms with Crippen molar-refractivity contribution in [2.75, 3.05) is 12.8 Å². The van der Waals surface area contributed by atoms with Gasteiger partial charge in [-0.15, -0.1) is 0 Å². The molecule has 0 aromatic carbocycles. The number of nitrogens with one attached hydrogen (secondary N) is 1. The van der Waals surface area contributed by atoms with Gasteiger partial charge in [0.25, 0.3) is 0 Å². The average Bonchev–Trinajstić information content (AvgIpc) is 2.96. The van der Waals surface area contributed by atoms with Gasteiger partial charge in [0.2, 0.25) is 5.76 Å². The zero-order valence-electron chi connectivity index (χ0n) is 10.1. The first-order valence-electron chi connectivity index (χ1n) is 5.65. The fourth-order valence-electron chi connectivity index (χ4n) is 1.85. The molecule has 0 bridgehead atoms. The van der Waals surface area contributed by atoms with E-state index in [9.17, 15) is 4.79 Å². The summed E-state index contributed by atoms with van der Waals surface area (Å²) in [5, 5.41) is 12.2. The van der Waals surface area contributed by atoms with Crippen molar-refractivity contribution in [1.29, 1.82) is 0 Å². The van der Waals surface area contributed by atoms with Crippen LogP contribution in [0, 0.1) is 6.92 Å². The molecule has 2 rings (SSSR count). The predicted molar refractivity (Wildman–Crippen MR) is 67.6 cm³/mol. The minimum Gasteiger partial charge on any atom is -0.475 e. The highest BCUT2D eigenvalue weighted by Crippen LogP contribution is 2.46. The molecule has 1 heterocycles. The SMILES string of the molecule is CSC1(CNCc2cc(C)c(C(=O)O)o2)CC1. The number of carboxylic acids is 1. The summed E-state index contributed by atoms with van der Waals surface area (Å²) in [5.41, 5.74) is 0.681. The lowest BCUT2D eigenvalue weighted by Gasteiger charge is -2.11. The average molecular weight is 255 g/mol. The topological polar surface area (TPSA) is 62.5 Å². The summed E-state index contributed by atoms with van der Waals surface area (Å²) in [4.78, 5) is 10.8. The number of thioether (sulfide) groups is 1. The van der Waals surface area contributed by atoms with Crippen molar-refractivity contribution in [2.45, 2.75) is 31.1 Å². The number of aryl methyl sites for hydroxylation is 1. The van der Waals surface area contributed by atoms with E-state index in [0.29, 0.717) is 22.6 Å². The normalized spacial score (nSPS) is 17.1. The first kappa shape index (κ1) is 12.5. The molecule has 1 aromatic heterocycles. The van der Waals surface area contributed by atoms with Crippen molar-refractivity contribution >= 4 is 17.7 Å². The van der Waals surface area contributed by atoms with Crippen LogP contribution in [0.4, 0.5) is 0 Å². The van der Waals surface area contributed by atoms with Crippen LogP contribution in [-0.2, 0) is 6.54 Å². The molecule has 2 N–H and O–H groups in total. The fraction of sp³-hybridized carbons (Fsp3) is 0.583. The molecule has 1 aliphatic carbocycles. The summed E-state index contributed by atoms with van der Waals surface area (Å²) in [5.74, 6) is -0.263. The molecule has 0 aliphatic heterocycles. The van der Waals surface area contributed by atoms with E-state index in [1.54, 1.807) is 13.0 Å². The van der Waals surface area contributed by atoms with E-state index in [1.807, 2.05) is 11.8 Å². The molecular formula is C12H17NO3S. The predicted octanol–water partition coefficient (Wildman–Crippen LogP) is 2.27. The largest absolute Gasteiger partial charge is 0.475 e. The maximum absolute atomic E-state index is 10.8. The van der Waals surface area contributed by atoms with Gasteiger partial charge < -0.3 is 14.8 Å². The maximum Gasteiger partial charge on any atom is 0.372 e. The zero-order valence-corrected chi connectivity index (χ0v) is 10.9. The summed E-state index contributed by atoms with van der Waals surface area (Å²) < 4.78 is 5.69. The second-order valence-corrected chi connectivity index (χ2v) is 5.79. The van der Waals surface area contributed by atoms with Crippen LogP contribution in [0.5, 0.6) is 0 Å². The van der Waals surface area contributed by atoms with Crippen molar-refractivity contribution < 1.29 is 14.3 Å². The Morgan fingerprint density at radius 2 is 2.35 bits per heavy atom. The third-order valence-electron chi connectivity index (χ3n) is 3.15. The minimum absolute atomic E-state index is 0.0489. The summed E-state index contributed by atoms with van der Waals surface area (Å²) in [7, 11) is 0. The first-order chi connectivity index (χ1) is 8.06. The number of carbonyl (C=O) groups is 1. The highest BCUT2D eigenvalue weighted by molar-refractivity contribution is 8.00. The lowest BCUT2D eigenvalue weighted by molar-refractivity contribution is 0.0659. The Hall–Kier alpha value is -0.940. The number of hydrogen-bond donors (Lipinski definition) is 2. The third kappa shape index (κ3) is 2.84. The molecule has 94 valence electrons. The highest BCUT2D eigenvalue weighted by atomic mass is 32.2. The van der Waals surface area contributed by atoms with Crippen LogP contribution in [0.2, 0.25) is 0 Å². The monoisotopic (exact) mass is 255 g/mol. The Balaban J connectivity index is 1.87. The van der Waals surface area contributed by atoms with E-state index in [-0.39, 0.29) is 5.76 Å². The van der Waals surface area contributed by atoms with Crippen LogP contribution in [0.1, 0.15) is 34.7 Å². The Kier molecular flexibility index (Phi) is 3.49. The number of rotatable bonds is 6. The van der Waals surface area contributed by atoms with Gasteiger partial charge >= 0.3 is 5.97 Å². The van der Waals surface area contributed by atoms with Crippen LogP contribution < -0.4 is 5.32 Å². The summed E-state index contributed by atoms with van der Waals surface area (Å²) >= 11 is 1.90. The molecule has 0 saturated heterocycles. The molecule has 1 aromatic rings. The number of hydrogen-bond acceptors (Lipinski definition) is 4. The molecule has 0 amide bonds. The van der Waals surface area contributed by atoms with E-state index in [1.165, 1.54) is 12.8 Å². The molecule has 1 aliphatic rings. The molecule has 0 radical (unpaired) electrons. The third-order valence-corrected chi connectivity index (χ3v) is 4.57. The molecule has 4 nitrogen and oxygen atoms in total. The lowest BCUT2D eigenvalue weighted by Crippen LogP contribution is -2.25. The zero-order chi connectivity index (χ0) is 12.5. The standard InChI is InChI=1S/C12H17NO3S/c1-8-5-9(16-10(8)11(14)15)6-13-7-12(17-2)3-4-12/h5,13H,3-4,6-7H2,1-2H3,(H,14,15). The Bertz CT molecular complexity index is 423.